The van der Waals surface area contributed by atoms with Crippen molar-refractivity contribution in [1.29, 1.82) is 0 Å². The smallest absolute Gasteiger partial charge is 0.261 e. The Bertz CT molecular complexity index is 510. The van der Waals surface area contributed by atoms with Crippen molar-refractivity contribution in [1.82, 2.24) is 5.32 Å². The molecule has 0 aliphatic heterocycles. The summed E-state index contributed by atoms with van der Waals surface area (Å²) in [5, 5.41) is 2.90. The number of carbonyl (C=O) groups is 1. The molecule has 18 heavy (non-hydrogen) atoms. The normalized spacial score (nSPS) is 10.3. The summed E-state index contributed by atoms with van der Waals surface area (Å²) in [6, 6.07) is 13.8. The Hall–Kier alpha value is -1.32. The lowest BCUT2D eigenvalue weighted by molar-refractivity contribution is 0.0957. The van der Waals surface area contributed by atoms with Gasteiger partial charge in [-0.25, -0.2) is 0 Å². The highest BCUT2D eigenvalue weighted by Crippen LogP contribution is 2.21. The lowest BCUT2D eigenvalue weighted by Gasteiger charge is -2.03. The van der Waals surface area contributed by atoms with Crippen molar-refractivity contribution in [3.63, 3.8) is 0 Å². The van der Waals surface area contributed by atoms with E-state index in [9.17, 15) is 4.79 Å². The topological polar surface area (TPSA) is 29.1 Å². The molecule has 1 heterocycles. The fourth-order valence-electron chi connectivity index (χ4n) is 1.66. The molecular weight excluding hydrogens is 266 g/mol. The Kier molecular flexibility index (Phi) is 4.79. The van der Waals surface area contributed by atoms with E-state index in [0.29, 0.717) is 15.8 Å². The molecule has 0 aliphatic carbocycles. The number of hydrogen-bond acceptors (Lipinski definition) is 2. The Morgan fingerprint density at radius 3 is 2.61 bits per heavy atom. The molecule has 0 saturated heterocycles. The molecule has 4 heteroatoms. The average molecular weight is 280 g/mol. The van der Waals surface area contributed by atoms with E-state index >= 15 is 0 Å². The van der Waals surface area contributed by atoms with Crippen molar-refractivity contribution in [2.75, 3.05) is 6.54 Å². The maximum Gasteiger partial charge on any atom is 0.261 e. The summed E-state index contributed by atoms with van der Waals surface area (Å²) >= 11 is 7.09. The number of halogens is 1. The van der Waals surface area contributed by atoms with Crippen molar-refractivity contribution in [2.45, 2.75) is 12.8 Å². The third kappa shape index (κ3) is 3.86. The van der Waals surface area contributed by atoms with Crippen LogP contribution < -0.4 is 5.32 Å². The molecule has 0 radical (unpaired) electrons. The summed E-state index contributed by atoms with van der Waals surface area (Å²) in [7, 11) is 0. The molecule has 1 amide bonds. The highest BCUT2D eigenvalue weighted by Gasteiger charge is 2.07. The van der Waals surface area contributed by atoms with E-state index in [4.69, 9.17) is 11.6 Å². The van der Waals surface area contributed by atoms with Crippen LogP contribution in [0, 0.1) is 0 Å². The van der Waals surface area contributed by atoms with Crippen LogP contribution in [0.4, 0.5) is 0 Å². The first-order valence-electron chi connectivity index (χ1n) is 5.83. The van der Waals surface area contributed by atoms with E-state index < -0.39 is 0 Å². The molecule has 2 nitrogen and oxygen atoms in total. The summed E-state index contributed by atoms with van der Waals surface area (Å²) in [6.45, 7) is 0.684. The Morgan fingerprint density at radius 1 is 1.17 bits per heavy atom. The predicted molar refractivity (Wildman–Crippen MR) is 76.4 cm³/mol. The first kappa shape index (κ1) is 13.1. The molecule has 2 aromatic rings. The monoisotopic (exact) mass is 279 g/mol. The zero-order valence-electron chi connectivity index (χ0n) is 9.86. The Morgan fingerprint density at radius 2 is 1.94 bits per heavy atom. The van der Waals surface area contributed by atoms with Gasteiger partial charge in [0.2, 0.25) is 0 Å². The summed E-state index contributed by atoms with van der Waals surface area (Å²) in [6.07, 6.45) is 1.92. The Balaban J connectivity index is 1.71. The van der Waals surface area contributed by atoms with E-state index in [0.717, 1.165) is 12.8 Å². The fourth-order valence-corrected chi connectivity index (χ4v) is 2.62. The first-order chi connectivity index (χ1) is 8.75. The van der Waals surface area contributed by atoms with Crippen LogP contribution in [-0.2, 0) is 6.42 Å². The van der Waals surface area contributed by atoms with Gasteiger partial charge in [0.1, 0.15) is 0 Å². The van der Waals surface area contributed by atoms with Crippen LogP contribution in [0.1, 0.15) is 21.7 Å². The maximum absolute atomic E-state index is 11.7. The van der Waals surface area contributed by atoms with E-state index in [-0.39, 0.29) is 5.91 Å². The van der Waals surface area contributed by atoms with E-state index in [1.165, 1.54) is 16.9 Å². The molecule has 0 bridgehead atoms. The van der Waals surface area contributed by atoms with Crippen LogP contribution in [-0.4, -0.2) is 12.5 Å². The zero-order valence-corrected chi connectivity index (χ0v) is 11.4. The number of amides is 1. The minimum Gasteiger partial charge on any atom is -0.351 e. The Labute approximate surface area is 116 Å². The van der Waals surface area contributed by atoms with Gasteiger partial charge in [-0.1, -0.05) is 41.9 Å². The summed E-state index contributed by atoms with van der Waals surface area (Å²) in [5.74, 6) is -0.0417. The van der Waals surface area contributed by atoms with Gasteiger partial charge >= 0.3 is 0 Å². The van der Waals surface area contributed by atoms with Gasteiger partial charge in [-0.3, -0.25) is 4.79 Å². The number of benzene rings is 1. The third-order valence-electron chi connectivity index (χ3n) is 2.57. The number of hydrogen-bond donors (Lipinski definition) is 1. The molecule has 1 aromatic carbocycles. The average Bonchev–Trinajstić information content (AvgIpc) is 2.82. The second kappa shape index (κ2) is 6.57. The zero-order chi connectivity index (χ0) is 12.8. The first-order valence-corrected chi connectivity index (χ1v) is 7.02. The van der Waals surface area contributed by atoms with Crippen LogP contribution in [0.15, 0.2) is 42.5 Å². The second-order valence-corrected chi connectivity index (χ2v) is 5.66. The van der Waals surface area contributed by atoms with Gasteiger partial charge in [0.25, 0.3) is 5.91 Å². The lowest BCUT2D eigenvalue weighted by Crippen LogP contribution is -2.23. The number of nitrogens with one attached hydrogen (secondary N) is 1. The maximum atomic E-state index is 11.7. The molecular formula is C14H14ClNOS. The molecule has 0 spiro atoms. The van der Waals surface area contributed by atoms with Crippen molar-refractivity contribution in [3.05, 3.63) is 57.2 Å². The SMILES string of the molecule is O=C(NCCCc1ccccc1)c1ccc(Cl)s1. The fraction of sp³-hybridized carbons (Fsp3) is 0.214. The summed E-state index contributed by atoms with van der Waals surface area (Å²) in [4.78, 5) is 12.4. The predicted octanol–water partition coefficient (Wildman–Crippen LogP) is 3.76. The van der Waals surface area contributed by atoms with Crippen molar-refractivity contribution < 1.29 is 4.79 Å². The molecule has 0 aliphatic rings. The van der Waals surface area contributed by atoms with Crippen LogP contribution in [0.25, 0.3) is 0 Å². The standard InChI is InChI=1S/C14H14ClNOS/c15-13-9-8-12(18-13)14(17)16-10-4-7-11-5-2-1-3-6-11/h1-3,5-6,8-9H,4,7,10H2,(H,16,17). The minimum atomic E-state index is -0.0417. The van der Waals surface area contributed by atoms with E-state index in [1.807, 2.05) is 18.2 Å². The molecule has 0 atom stereocenters. The quantitative estimate of drug-likeness (QED) is 0.830. The molecule has 94 valence electrons. The van der Waals surface area contributed by atoms with Crippen LogP contribution >= 0.6 is 22.9 Å². The van der Waals surface area contributed by atoms with Gasteiger partial charge in [-0.15, -0.1) is 11.3 Å². The van der Waals surface area contributed by atoms with Gasteiger partial charge < -0.3 is 5.32 Å². The minimum absolute atomic E-state index is 0.0417. The van der Waals surface area contributed by atoms with Gasteiger partial charge in [0.05, 0.1) is 9.21 Å². The van der Waals surface area contributed by atoms with E-state index in [1.54, 1.807) is 12.1 Å². The molecule has 0 fully saturated rings. The molecule has 2 rings (SSSR count). The van der Waals surface area contributed by atoms with Gasteiger partial charge in [0, 0.05) is 6.54 Å². The van der Waals surface area contributed by atoms with Gasteiger partial charge in [-0.2, -0.15) is 0 Å². The van der Waals surface area contributed by atoms with Crippen LogP contribution in [0.3, 0.4) is 0 Å². The highest BCUT2D eigenvalue weighted by atomic mass is 35.5. The molecule has 0 saturated carbocycles. The number of carbonyl (C=O) groups excluding carboxylic acids is 1. The van der Waals surface area contributed by atoms with Crippen molar-refractivity contribution >= 4 is 28.8 Å². The van der Waals surface area contributed by atoms with Crippen LogP contribution in [0.2, 0.25) is 4.34 Å². The van der Waals surface area contributed by atoms with Crippen molar-refractivity contribution in [2.24, 2.45) is 0 Å². The largest absolute Gasteiger partial charge is 0.351 e. The molecule has 1 aromatic heterocycles. The number of aryl methyl sites for hydroxylation is 1. The summed E-state index contributed by atoms with van der Waals surface area (Å²) in [5.41, 5.74) is 1.30. The lowest BCUT2D eigenvalue weighted by atomic mass is 10.1. The molecule has 0 unspecified atom stereocenters. The third-order valence-corrected chi connectivity index (χ3v) is 3.80. The van der Waals surface area contributed by atoms with Gasteiger partial charge in [0.15, 0.2) is 0 Å². The number of rotatable bonds is 5. The van der Waals surface area contributed by atoms with Crippen LogP contribution in [0.5, 0.6) is 0 Å². The van der Waals surface area contributed by atoms with Gasteiger partial charge in [-0.05, 0) is 30.5 Å². The number of thiophene rings is 1. The molecule has 1 N–H and O–H groups in total. The van der Waals surface area contributed by atoms with Crippen molar-refractivity contribution in [3.8, 4) is 0 Å². The second-order valence-electron chi connectivity index (χ2n) is 3.95. The summed E-state index contributed by atoms with van der Waals surface area (Å²) < 4.78 is 0.643. The highest BCUT2D eigenvalue weighted by molar-refractivity contribution is 7.17. The van der Waals surface area contributed by atoms with E-state index in [2.05, 4.69) is 17.4 Å².